The fourth-order valence-electron chi connectivity index (χ4n) is 0.787. The van der Waals surface area contributed by atoms with Crippen molar-refractivity contribution in [3.8, 4) is 11.5 Å². The quantitative estimate of drug-likeness (QED) is 0.534. The van der Waals surface area contributed by atoms with Gasteiger partial charge in [0.2, 0.25) is 0 Å². The van der Waals surface area contributed by atoms with E-state index in [4.69, 9.17) is 28.1 Å². The average Bonchev–Trinajstić information content (AvgIpc) is 2.47. The van der Waals surface area contributed by atoms with Gasteiger partial charge in [0.05, 0.1) is 14.9 Å². The molecule has 1 aliphatic heterocycles. The Bertz CT molecular complexity index is 256. The molecule has 1 aliphatic rings. The first-order chi connectivity index (χ1) is 6.47. The molecule has 0 atom stereocenters. The maximum absolute atomic E-state index is 8.60. The lowest BCUT2D eigenvalue weighted by Crippen LogP contribution is -2.58. The Hall–Kier alpha value is -0.570. The van der Waals surface area contributed by atoms with Crippen LogP contribution >= 0.6 is 11.3 Å². The zero-order chi connectivity index (χ0) is 10.6. The van der Waals surface area contributed by atoms with E-state index in [1.54, 1.807) is 11.3 Å². The summed E-state index contributed by atoms with van der Waals surface area (Å²) in [5.41, 5.74) is 0. The van der Waals surface area contributed by atoms with Gasteiger partial charge in [0.1, 0.15) is 13.2 Å². The van der Waals surface area contributed by atoms with Crippen LogP contribution in [0.15, 0.2) is 10.8 Å². The summed E-state index contributed by atoms with van der Waals surface area (Å²) in [7, 11) is -4.69. The number of hydrogen-bond donors (Lipinski definition) is 1. The Kier molecular flexibility index (Phi) is 3.93. The van der Waals surface area contributed by atoms with Gasteiger partial charge in [-0.05, 0) is 0 Å². The number of hydrogen-bond acceptors (Lipinski definition) is 7. The third kappa shape index (κ3) is 4.61. The van der Waals surface area contributed by atoms with Crippen molar-refractivity contribution in [2.75, 3.05) is 13.2 Å². The monoisotopic (exact) mass is 242 g/mol. The van der Waals surface area contributed by atoms with Crippen molar-refractivity contribution < 1.29 is 38.4 Å². The van der Waals surface area contributed by atoms with Crippen molar-refractivity contribution in [2.45, 2.75) is 0 Å². The maximum Gasteiger partial charge on any atom is 0.172 e. The van der Waals surface area contributed by atoms with Crippen molar-refractivity contribution in [3.63, 3.8) is 0 Å². The highest BCUT2D eigenvalue weighted by Gasteiger charge is 2.10. The molecule has 14 heavy (non-hydrogen) atoms. The summed E-state index contributed by atoms with van der Waals surface area (Å²) in [6.45, 7) is 1.37. The van der Waals surface area contributed by atoms with Gasteiger partial charge in [-0.2, -0.15) is 14.0 Å². The van der Waals surface area contributed by atoms with Gasteiger partial charge in [-0.25, -0.2) is 0 Å². The summed E-state index contributed by atoms with van der Waals surface area (Å²) >= 11 is 1.61. The van der Waals surface area contributed by atoms with Crippen LogP contribution in [0, 0.1) is 10.2 Å². The molecule has 0 unspecified atom stereocenters. The maximum atomic E-state index is 8.60. The van der Waals surface area contributed by atoms with Gasteiger partial charge in [-0.3, -0.25) is 0 Å². The van der Waals surface area contributed by atoms with Gasteiger partial charge >= 0.3 is 0 Å². The molecule has 0 fully saturated rings. The minimum absolute atomic E-state index is 0.684. The average molecular weight is 243 g/mol. The van der Waals surface area contributed by atoms with Crippen LogP contribution in [0.3, 0.4) is 0 Å². The third-order valence-corrected chi connectivity index (χ3v) is 1.89. The van der Waals surface area contributed by atoms with Crippen molar-refractivity contribution in [2.24, 2.45) is 0 Å². The molecule has 6 nitrogen and oxygen atoms in total. The molecule has 0 saturated carbocycles. The molecular weight excluding hydrogens is 236 g/mol. The third-order valence-electron chi connectivity index (χ3n) is 1.19. The van der Waals surface area contributed by atoms with E-state index in [-0.39, 0.29) is 0 Å². The fraction of sp³-hybridized carbons (Fsp3) is 0.333. The number of thiophene rings is 1. The summed E-state index contributed by atoms with van der Waals surface area (Å²) in [6.07, 6.45) is 0. The largest absolute Gasteiger partial charge is 0.485 e. The molecule has 2 rings (SSSR count). The molecule has 0 saturated heterocycles. The number of fused-ring (bicyclic) bond motifs is 1. The van der Waals surface area contributed by atoms with E-state index in [9.17, 15) is 0 Å². The molecule has 0 radical (unpaired) electrons. The van der Waals surface area contributed by atoms with Crippen LogP contribution in [-0.4, -0.2) is 17.9 Å². The molecule has 0 aliphatic carbocycles. The SMILES string of the molecule is [O-][Cl+3]([O-])([O-])O.c1scc2c1OCCO2. The van der Waals surface area contributed by atoms with Crippen LogP contribution in [0.4, 0.5) is 0 Å². The summed E-state index contributed by atoms with van der Waals surface area (Å²) < 4.78 is 43.2. The van der Waals surface area contributed by atoms with Crippen LogP contribution in [0.1, 0.15) is 0 Å². The van der Waals surface area contributed by atoms with Gasteiger partial charge < -0.3 is 9.47 Å². The van der Waals surface area contributed by atoms with Crippen LogP contribution in [0.5, 0.6) is 11.5 Å². The van der Waals surface area contributed by atoms with Crippen molar-refractivity contribution in [1.82, 2.24) is 0 Å². The Morgan fingerprint density at radius 1 is 1.14 bits per heavy atom. The first-order valence-corrected chi connectivity index (χ1v) is 5.62. The molecule has 0 aromatic carbocycles. The smallest absolute Gasteiger partial charge is 0.172 e. The fourth-order valence-corrected chi connectivity index (χ4v) is 1.47. The van der Waals surface area contributed by atoms with E-state index in [0.717, 1.165) is 11.5 Å². The van der Waals surface area contributed by atoms with Gasteiger partial charge in [-0.15, -0.1) is 11.3 Å². The van der Waals surface area contributed by atoms with E-state index in [1.165, 1.54) is 0 Å². The van der Waals surface area contributed by atoms with Gasteiger partial charge in [0.15, 0.2) is 11.5 Å². The lowest BCUT2D eigenvalue weighted by Gasteiger charge is -2.13. The second-order valence-corrected chi connectivity index (χ2v) is 3.73. The molecule has 1 aromatic rings. The van der Waals surface area contributed by atoms with E-state index in [2.05, 4.69) is 0 Å². The summed E-state index contributed by atoms with van der Waals surface area (Å²) in [5, 5.41) is 3.91. The van der Waals surface area contributed by atoms with Crippen LogP contribution in [0.2, 0.25) is 0 Å². The topological polar surface area (TPSA) is 108 Å². The highest BCUT2D eigenvalue weighted by atomic mass is 35.7. The molecule has 0 amide bonds. The van der Waals surface area contributed by atoms with Crippen LogP contribution in [0.25, 0.3) is 0 Å². The van der Waals surface area contributed by atoms with E-state index in [1.807, 2.05) is 10.8 Å². The lowest BCUT2D eigenvalue weighted by molar-refractivity contribution is -1.92. The molecule has 0 bridgehead atoms. The van der Waals surface area contributed by atoms with Gasteiger partial charge in [0.25, 0.3) is 0 Å². The van der Waals surface area contributed by atoms with Crippen molar-refractivity contribution >= 4 is 11.3 Å². The van der Waals surface area contributed by atoms with Crippen LogP contribution < -0.4 is 23.5 Å². The predicted molar refractivity (Wildman–Crippen MR) is 37.5 cm³/mol. The number of rotatable bonds is 0. The zero-order valence-corrected chi connectivity index (χ0v) is 8.42. The molecule has 80 valence electrons. The van der Waals surface area contributed by atoms with Crippen molar-refractivity contribution in [3.05, 3.63) is 10.8 Å². The molecule has 1 N–H and O–H groups in total. The van der Waals surface area contributed by atoms with Gasteiger partial charge in [0, 0.05) is 10.8 Å². The minimum Gasteiger partial charge on any atom is -0.485 e. The van der Waals surface area contributed by atoms with E-state index in [0.29, 0.717) is 13.2 Å². The molecule has 8 heteroatoms. The van der Waals surface area contributed by atoms with Gasteiger partial charge in [-0.1, -0.05) is 0 Å². The Morgan fingerprint density at radius 2 is 1.50 bits per heavy atom. The summed E-state index contributed by atoms with van der Waals surface area (Å²) in [4.78, 5) is 0. The molecular formula is C6H7ClO6S. The standard InChI is InChI=1S/C6H6O2S.ClHO4/c1-2-8-6-4-9-3-5(6)7-1;2-1(3,4)5/h3-4H,1-2H2;(H,2,3,4,5). The van der Waals surface area contributed by atoms with Crippen molar-refractivity contribution in [1.29, 1.82) is 0 Å². The van der Waals surface area contributed by atoms with Crippen LogP contribution in [-0.2, 0) is 0 Å². The first kappa shape index (κ1) is 11.5. The highest BCUT2D eigenvalue weighted by Crippen LogP contribution is 2.33. The molecule has 0 spiro atoms. The Balaban J connectivity index is 0.000000171. The molecule has 1 aromatic heterocycles. The lowest BCUT2D eigenvalue weighted by atomic mass is 10.5. The second kappa shape index (κ2) is 4.78. The number of ether oxygens (including phenoxy) is 2. The Labute approximate surface area is 85.7 Å². The normalized spacial score (nSPS) is 14.3. The first-order valence-electron chi connectivity index (χ1n) is 3.42. The highest BCUT2D eigenvalue weighted by molar-refractivity contribution is 7.08. The summed E-state index contributed by atoms with van der Waals surface area (Å²) in [6, 6.07) is 0. The summed E-state index contributed by atoms with van der Waals surface area (Å²) in [5.74, 6) is 1.79. The molecule has 2 heterocycles. The van der Waals surface area contributed by atoms with E-state index < -0.39 is 10.2 Å². The number of halogens is 1. The predicted octanol–water partition coefficient (Wildman–Crippen LogP) is -2.60. The zero-order valence-electron chi connectivity index (χ0n) is 6.84. The minimum atomic E-state index is -4.69. The Morgan fingerprint density at radius 3 is 1.86 bits per heavy atom. The van der Waals surface area contributed by atoms with E-state index >= 15 is 0 Å². The second-order valence-electron chi connectivity index (χ2n) is 2.19.